The summed E-state index contributed by atoms with van der Waals surface area (Å²) in [7, 11) is 1.61. The van der Waals surface area contributed by atoms with Gasteiger partial charge >= 0.3 is 0 Å². The van der Waals surface area contributed by atoms with Crippen LogP contribution in [0.5, 0.6) is 5.75 Å². The first kappa shape index (κ1) is 22.9. The lowest BCUT2D eigenvalue weighted by molar-refractivity contribution is -0.121. The molecular weight excluding hydrogens is 458 g/mol. The van der Waals surface area contributed by atoms with Crippen LogP contribution in [0.1, 0.15) is 26.2 Å². The summed E-state index contributed by atoms with van der Waals surface area (Å²) >= 11 is 2.78. The Kier molecular flexibility index (Phi) is 7.05. The van der Waals surface area contributed by atoms with Crippen LogP contribution >= 0.6 is 23.1 Å². The highest BCUT2D eigenvalue weighted by Crippen LogP contribution is 2.29. The second-order valence-electron chi connectivity index (χ2n) is 7.32. The van der Waals surface area contributed by atoms with Crippen LogP contribution in [0.25, 0.3) is 10.9 Å². The van der Waals surface area contributed by atoms with Crippen molar-refractivity contribution in [1.82, 2.24) is 24.8 Å². The Morgan fingerprint density at radius 2 is 2.03 bits per heavy atom. The molecule has 0 saturated carbocycles. The van der Waals surface area contributed by atoms with E-state index in [1.807, 2.05) is 38.1 Å². The number of nitrogens with zero attached hydrogens (tertiary/aromatic N) is 4. The molecule has 0 saturated heterocycles. The number of ketones is 1. The van der Waals surface area contributed by atoms with Gasteiger partial charge < -0.3 is 14.6 Å². The summed E-state index contributed by atoms with van der Waals surface area (Å²) in [6, 6.07) is 9.32. The molecule has 0 aliphatic heterocycles. The van der Waals surface area contributed by atoms with E-state index in [2.05, 4.69) is 20.3 Å². The number of methoxy groups -OCH3 is 1. The fraction of sp³-hybridized carbons (Fsp3) is 0.261. The summed E-state index contributed by atoms with van der Waals surface area (Å²) in [5, 5.41) is 4.50. The molecule has 33 heavy (non-hydrogen) atoms. The van der Waals surface area contributed by atoms with Gasteiger partial charge in [0.05, 0.1) is 29.8 Å². The maximum absolute atomic E-state index is 12.8. The number of ether oxygens (including phenoxy) is 1. The number of imidazole rings is 1. The number of amides is 1. The zero-order valence-electron chi connectivity index (χ0n) is 18.5. The molecule has 3 aromatic heterocycles. The van der Waals surface area contributed by atoms with Crippen LogP contribution in [0, 0.1) is 13.8 Å². The third kappa shape index (κ3) is 5.58. The average Bonchev–Trinajstić information content (AvgIpc) is 3.44. The van der Waals surface area contributed by atoms with Crippen LogP contribution in [0.4, 0.5) is 0 Å². The van der Waals surface area contributed by atoms with E-state index in [4.69, 9.17) is 4.74 Å². The molecule has 0 unspecified atom stereocenters. The standard InChI is InChI=1S/C23H23N5O3S2/c1-14-26-19-6-4-16(31-3)10-18(19)23(27-14)32-13-20(29)21-7-5-17(33-21)11-25-22(30)12-28-9-8-24-15(28)2/h4-10H,11-13H2,1-3H3,(H,25,30). The highest BCUT2D eigenvalue weighted by molar-refractivity contribution is 8.00. The number of hydrogen-bond acceptors (Lipinski definition) is 8. The SMILES string of the molecule is COc1ccc2nc(C)nc(SCC(=O)c3ccc(CNC(=O)Cn4ccnc4C)s3)c2c1. The van der Waals surface area contributed by atoms with E-state index in [1.165, 1.54) is 23.1 Å². The Morgan fingerprint density at radius 3 is 2.79 bits per heavy atom. The molecule has 1 amide bonds. The maximum Gasteiger partial charge on any atom is 0.240 e. The Balaban J connectivity index is 1.36. The normalized spacial score (nSPS) is 11.0. The number of thiophene rings is 1. The monoisotopic (exact) mass is 481 g/mol. The molecule has 1 aromatic carbocycles. The molecule has 0 spiro atoms. The molecule has 3 heterocycles. The first-order valence-corrected chi connectivity index (χ1v) is 12.0. The Labute approximate surface area is 199 Å². The van der Waals surface area contributed by atoms with E-state index in [9.17, 15) is 9.59 Å². The predicted octanol–water partition coefficient (Wildman–Crippen LogP) is 3.80. The molecule has 0 bridgehead atoms. The van der Waals surface area contributed by atoms with Crippen LogP contribution < -0.4 is 10.1 Å². The minimum absolute atomic E-state index is 0.0175. The van der Waals surface area contributed by atoms with E-state index in [0.717, 1.165) is 32.4 Å². The molecule has 0 aliphatic carbocycles. The van der Waals surface area contributed by atoms with Gasteiger partial charge in [-0.1, -0.05) is 11.8 Å². The third-order valence-corrected chi connectivity index (χ3v) is 7.07. The molecule has 170 valence electrons. The van der Waals surface area contributed by atoms with E-state index >= 15 is 0 Å². The van der Waals surface area contributed by atoms with Gasteiger partial charge in [0, 0.05) is 22.7 Å². The van der Waals surface area contributed by atoms with Gasteiger partial charge in [0.15, 0.2) is 5.78 Å². The summed E-state index contributed by atoms with van der Waals surface area (Å²) in [6.45, 7) is 4.29. The molecule has 0 atom stereocenters. The predicted molar refractivity (Wildman–Crippen MR) is 129 cm³/mol. The van der Waals surface area contributed by atoms with Crippen molar-refractivity contribution in [2.24, 2.45) is 0 Å². The van der Waals surface area contributed by atoms with Crippen LogP contribution in [-0.2, 0) is 17.9 Å². The molecule has 0 radical (unpaired) electrons. The van der Waals surface area contributed by atoms with Gasteiger partial charge in [-0.05, 0) is 44.2 Å². The van der Waals surface area contributed by atoms with Gasteiger partial charge in [0.2, 0.25) is 5.91 Å². The summed E-state index contributed by atoms with van der Waals surface area (Å²) in [5.41, 5.74) is 0.818. The molecule has 1 N–H and O–H groups in total. The third-order valence-electron chi connectivity index (χ3n) is 4.95. The number of benzene rings is 1. The number of hydrogen-bond donors (Lipinski definition) is 1. The van der Waals surface area contributed by atoms with E-state index in [-0.39, 0.29) is 24.0 Å². The van der Waals surface area contributed by atoms with Crippen molar-refractivity contribution in [3.63, 3.8) is 0 Å². The van der Waals surface area contributed by atoms with Gasteiger partial charge in [0.1, 0.15) is 29.0 Å². The van der Waals surface area contributed by atoms with Crippen molar-refractivity contribution in [3.8, 4) is 5.75 Å². The summed E-state index contributed by atoms with van der Waals surface area (Å²) in [4.78, 5) is 39.6. The second-order valence-corrected chi connectivity index (χ2v) is 9.45. The second kappa shape index (κ2) is 10.1. The van der Waals surface area contributed by atoms with Crippen molar-refractivity contribution in [2.75, 3.05) is 12.9 Å². The molecule has 8 nitrogen and oxygen atoms in total. The highest BCUT2D eigenvalue weighted by Gasteiger charge is 2.14. The van der Waals surface area contributed by atoms with E-state index in [0.29, 0.717) is 17.2 Å². The number of carbonyl (C=O) groups is 2. The number of nitrogens with one attached hydrogen (secondary N) is 1. The van der Waals surface area contributed by atoms with Crippen LogP contribution in [0.2, 0.25) is 0 Å². The van der Waals surface area contributed by atoms with Gasteiger partial charge in [-0.25, -0.2) is 15.0 Å². The first-order chi connectivity index (χ1) is 15.9. The summed E-state index contributed by atoms with van der Waals surface area (Å²) in [5.74, 6) is 2.34. The van der Waals surface area contributed by atoms with Crippen molar-refractivity contribution in [1.29, 1.82) is 0 Å². The van der Waals surface area contributed by atoms with Crippen LogP contribution in [0.3, 0.4) is 0 Å². The van der Waals surface area contributed by atoms with Gasteiger partial charge in [-0.3, -0.25) is 9.59 Å². The molecule has 4 aromatic rings. The molecule has 10 heteroatoms. The minimum atomic E-state index is -0.102. The quantitative estimate of drug-likeness (QED) is 0.220. The van der Waals surface area contributed by atoms with Gasteiger partial charge in [0.25, 0.3) is 0 Å². The fourth-order valence-corrected chi connectivity index (χ4v) is 5.14. The minimum Gasteiger partial charge on any atom is -0.497 e. The van der Waals surface area contributed by atoms with Gasteiger partial charge in [-0.2, -0.15) is 0 Å². The van der Waals surface area contributed by atoms with Crippen molar-refractivity contribution < 1.29 is 14.3 Å². The van der Waals surface area contributed by atoms with E-state index in [1.54, 1.807) is 30.1 Å². The Bertz CT molecular complexity index is 1310. The average molecular weight is 482 g/mol. The number of rotatable bonds is 9. The first-order valence-electron chi connectivity index (χ1n) is 10.2. The number of aromatic nitrogens is 4. The van der Waals surface area contributed by atoms with E-state index < -0.39 is 0 Å². The van der Waals surface area contributed by atoms with Crippen molar-refractivity contribution >= 4 is 45.7 Å². The van der Waals surface area contributed by atoms with Crippen molar-refractivity contribution in [3.05, 3.63) is 64.1 Å². The number of thioether (sulfide) groups is 1. The highest BCUT2D eigenvalue weighted by atomic mass is 32.2. The summed E-state index contributed by atoms with van der Waals surface area (Å²) < 4.78 is 7.10. The number of aryl methyl sites for hydroxylation is 2. The Morgan fingerprint density at radius 1 is 1.18 bits per heavy atom. The molecular formula is C23H23N5O3S2. The zero-order chi connectivity index (χ0) is 23.4. The lowest BCUT2D eigenvalue weighted by Crippen LogP contribution is -2.26. The largest absolute Gasteiger partial charge is 0.497 e. The lowest BCUT2D eigenvalue weighted by atomic mass is 10.2. The zero-order valence-corrected chi connectivity index (χ0v) is 20.1. The van der Waals surface area contributed by atoms with Crippen LogP contribution in [-0.4, -0.2) is 44.1 Å². The van der Waals surface area contributed by atoms with Gasteiger partial charge in [-0.15, -0.1) is 11.3 Å². The molecule has 4 rings (SSSR count). The van der Waals surface area contributed by atoms with Crippen LogP contribution in [0.15, 0.2) is 47.8 Å². The summed E-state index contributed by atoms with van der Waals surface area (Å²) in [6.07, 6.45) is 3.44. The number of fused-ring (bicyclic) bond motifs is 1. The topological polar surface area (TPSA) is 99.0 Å². The fourth-order valence-electron chi connectivity index (χ4n) is 3.22. The Hall–Kier alpha value is -3.24. The van der Waals surface area contributed by atoms with Crippen molar-refractivity contribution in [2.45, 2.75) is 32.0 Å². The molecule has 0 fully saturated rings. The smallest absolute Gasteiger partial charge is 0.240 e. The number of carbonyl (C=O) groups excluding carboxylic acids is 2. The number of Topliss-reactive ketones (excluding diaryl/α,β-unsaturated/α-hetero) is 1. The molecule has 0 aliphatic rings. The lowest BCUT2D eigenvalue weighted by Gasteiger charge is -2.08. The maximum atomic E-state index is 12.8.